The van der Waals surface area contributed by atoms with Crippen molar-refractivity contribution in [2.45, 2.75) is 26.8 Å². The van der Waals surface area contributed by atoms with E-state index in [1.807, 2.05) is 39.8 Å². The Kier molecular flexibility index (Phi) is 4.28. The van der Waals surface area contributed by atoms with E-state index in [2.05, 4.69) is 25.6 Å². The maximum Gasteiger partial charge on any atom is 0.231 e. The zero-order valence-electron chi connectivity index (χ0n) is 10.6. The molecule has 0 aromatic carbocycles. The molecule has 16 heavy (non-hydrogen) atoms. The van der Waals surface area contributed by atoms with E-state index in [1.165, 1.54) is 0 Å². The highest BCUT2D eigenvalue weighted by molar-refractivity contribution is 5.43. The molecular weight excluding hydrogens is 204 g/mol. The van der Waals surface area contributed by atoms with Gasteiger partial charge in [0.2, 0.25) is 17.8 Å². The van der Waals surface area contributed by atoms with Gasteiger partial charge in [0.05, 0.1) is 0 Å². The first-order chi connectivity index (χ1) is 7.52. The maximum atomic E-state index is 4.31. The highest BCUT2D eigenvalue weighted by atomic mass is 15.3. The lowest BCUT2D eigenvalue weighted by atomic mass is 10.4. The summed E-state index contributed by atoms with van der Waals surface area (Å²) < 4.78 is 0. The first-order valence-electron chi connectivity index (χ1n) is 5.46. The molecule has 1 rings (SSSR count). The lowest BCUT2D eigenvalue weighted by Crippen LogP contribution is -2.19. The normalized spacial score (nSPS) is 10.4. The third kappa shape index (κ3) is 3.52. The molecule has 0 radical (unpaired) electrons. The number of nitrogens with one attached hydrogen (secondary N) is 2. The molecule has 1 heterocycles. The molecule has 0 aliphatic rings. The van der Waals surface area contributed by atoms with Crippen LogP contribution in [0.15, 0.2) is 0 Å². The summed E-state index contributed by atoms with van der Waals surface area (Å²) in [5, 5.41) is 6.26. The van der Waals surface area contributed by atoms with Crippen molar-refractivity contribution in [3.63, 3.8) is 0 Å². The monoisotopic (exact) mass is 224 g/mol. The molecule has 0 saturated carbocycles. The van der Waals surface area contributed by atoms with Crippen LogP contribution in [0.25, 0.3) is 0 Å². The molecule has 0 spiro atoms. The zero-order chi connectivity index (χ0) is 12.1. The van der Waals surface area contributed by atoms with E-state index in [-0.39, 0.29) is 0 Å². The molecule has 0 fully saturated rings. The molecule has 1 aromatic rings. The highest BCUT2D eigenvalue weighted by Gasteiger charge is 2.07. The molecule has 0 aliphatic carbocycles. The Hall–Kier alpha value is -1.59. The summed E-state index contributed by atoms with van der Waals surface area (Å²) in [4.78, 5) is 14.7. The van der Waals surface area contributed by atoms with Gasteiger partial charge in [-0.1, -0.05) is 0 Å². The van der Waals surface area contributed by atoms with Crippen LogP contribution in [0, 0.1) is 0 Å². The van der Waals surface area contributed by atoms with Gasteiger partial charge < -0.3 is 15.5 Å². The number of aromatic nitrogens is 3. The molecule has 1 aromatic heterocycles. The largest absolute Gasteiger partial charge is 0.354 e. The van der Waals surface area contributed by atoms with Crippen molar-refractivity contribution in [3.8, 4) is 0 Å². The van der Waals surface area contributed by atoms with Gasteiger partial charge in [-0.3, -0.25) is 0 Å². The average Bonchev–Trinajstić information content (AvgIpc) is 2.16. The van der Waals surface area contributed by atoms with Gasteiger partial charge in [0.15, 0.2) is 0 Å². The molecule has 2 N–H and O–H groups in total. The summed E-state index contributed by atoms with van der Waals surface area (Å²) in [7, 11) is 3.81. The molecule has 6 heteroatoms. The summed E-state index contributed by atoms with van der Waals surface area (Å²) in [6.45, 7) is 6.89. The van der Waals surface area contributed by atoms with Gasteiger partial charge in [-0.25, -0.2) is 0 Å². The van der Waals surface area contributed by atoms with Crippen molar-refractivity contribution in [3.05, 3.63) is 0 Å². The fourth-order valence-corrected chi connectivity index (χ4v) is 1.12. The summed E-state index contributed by atoms with van der Waals surface area (Å²) in [6, 6.07) is 0.298. The number of hydrogen-bond donors (Lipinski definition) is 2. The number of anilines is 3. The second-order valence-corrected chi connectivity index (χ2v) is 4.01. The van der Waals surface area contributed by atoms with E-state index in [0.29, 0.717) is 23.9 Å². The van der Waals surface area contributed by atoms with E-state index in [0.717, 1.165) is 6.54 Å². The van der Waals surface area contributed by atoms with Gasteiger partial charge >= 0.3 is 0 Å². The first kappa shape index (κ1) is 12.5. The average molecular weight is 224 g/mol. The summed E-state index contributed by atoms with van der Waals surface area (Å²) >= 11 is 0. The van der Waals surface area contributed by atoms with Crippen molar-refractivity contribution >= 4 is 17.8 Å². The molecule has 0 aliphatic heterocycles. The first-order valence-corrected chi connectivity index (χ1v) is 5.46. The lowest BCUT2D eigenvalue weighted by molar-refractivity contribution is 0.858. The minimum atomic E-state index is 0.298. The smallest absolute Gasteiger partial charge is 0.231 e. The van der Waals surface area contributed by atoms with Gasteiger partial charge in [0, 0.05) is 26.7 Å². The number of nitrogens with zero attached hydrogens (tertiary/aromatic N) is 4. The Morgan fingerprint density at radius 2 is 1.75 bits per heavy atom. The highest BCUT2D eigenvalue weighted by Crippen LogP contribution is 2.11. The van der Waals surface area contributed by atoms with E-state index in [4.69, 9.17) is 0 Å². The zero-order valence-corrected chi connectivity index (χ0v) is 10.6. The van der Waals surface area contributed by atoms with Crippen molar-refractivity contribution < 1.29 is 0 Å². The molecule has 90 valence electrons. The Balaban J connectivity index is 2.98. The molecule has 0 amide bonds. The fourth-order valence-electron chi connectivity index (χ4n) is 1.12. The summed E-state index contributed by atoms with van der Waals surface area (Å²) in [5.74, 6) is 1.85. The topological polar surface area (TPSA) is 66.0 Å². The third-order valence-electron chi connectivity index (χ3n) is 1.78. The van der Waals surface area contributed by atoms with Crippen LogP contribution in [0.1, 0.15) is 20.8 Å². The van der Waals surface area contributed by atoms with Gasteiger partial charge in [0.1, 0.15) is 0 Å². The molecule has 6 nitrogen and oxygen atoms in total. The second-order valence-electron chi connectivity index (χ2n) is 4.01. The van der Waals surface area contributed by atoms with Gasteiger partial charge in [-0.15, -0.1) is 0 Å². The van der Waals surface area contributed by atoms with E-state index < -0.39 is 0 Å². The standard InChI is InChI=1S/C10H20N6/c1-6-11-8-13-9(12-7(2)3)15-10(14-8)16(4)5/h7H,6H2,1-5H3,(H2,11,12,13,14,15). The third-order valence-corrected chi connectivity index (χ3v) is 1.78. The predicted octanol–water partition coefficient (Wildman–Crippen LogP) is 1.19. The van der Waals surface area contributed by atoms with Crippen LogP contribution in [0.4, 0.5) is 17.8 Å². The van der Waals surface area contributed by atoms with Crippen LogP contribution in [-0.2, 0) is 0 Å². The molecule has 0 atom stereocenters. The SMILES string of the molecule is CCNc1nc(NC(C)C)nc(N(C)C)n1. The quantitative estimate of drug-likeness (QED) is 0.783. The Morgan fingerprint density at radius 1 is 1.12 bits per heavy atom. The number of hydrogen-bond acceptors (Lipinski definition) is 6. The summed E-state index contributed by atoms with van der Waals surface area (Å²) in [6.07, 6.45) is 0. The molecule has 0 saturated heterocycles. The van der Waals surface area contributed by atoms with E-state index >= 15 is 0 Å². The van der Waals surface area contributed by atoms with Crippen LogP contribution >= 0.6 is 0 Å². The number of rotatable bonds is 5. The Labute approximate surface area is 96.5 Å². The van der Waals surface area contributed by atoms with E-state index in [1.54, 1.807) is 0 Å². The minimum absolute atomic E-state index is 0.298. The van der Waals surface area contributed by atoms with Gasteiger partial charge in [0.25, 0.3) is 0 Å². The summed E-state index contributed by atoms with van der Waals surface area (Å²) in [5.41, 5.74) is 0. The lowest BCUT2D eigenvalue weighted by Gasteiger charge is -2.14. The molecule has 0 unspecified atom stereocenters. The van der Waals surface area contributed by atoms with Gasteiger partial charge in [-0.05, 0) is 20.8 Å². The van der Waals surface area contributed by atoms with Crippen LogP contribution in [0.3, 0.4) is 0 Å². The van der Waals surface area contributed by atoms with Crippen LogP contribution < -0.4 is 15.5 Å². The van der Waals surface area contributed by atoms with Crippen LogP contribution in [-0.4, -0.2) is 41.6 Å². The fraction of sp³-hybridized carbons (Fsp3) is 0.700. The van der Waals surface area contributed by atoms with Crippen molar-refractivity contribution in [2.75, 3.05) is 36.2 Å². The van der Waals surface area contributed by atoms with Crippen LogP contribution in [0.2, 0.25) is 0 Å². The van der Waals surface area contributed by atoms with Gasteiger partial charge in [-0.2, -0.15) is 15.0 Å². The van der Waals surface area contributed by atoms with Crippen LogP contribution in [0.5, 0.6) is 0 Å². The Morgan fingerprint density at radius 3 is 2.25 bits per heavy atom. The van der Waals surface area contributed by atoms with Crippen molar-refractivity contribution in [1.82, 2.24) is 15.0 Å². The Bertz CT molecular complexity index is 336. The second kappa shape index (κ2) is 5.48. The predicted molar refractivity (Wildman–Crippen MR) is 67.1 cm³/mol. The van der Waals surface area contributed by atoms with Crippen molar-refractivity contribution in [1.29, 1.82) is 0 Å². The minimum Gasteiger partial charge on any atom is -0.354 e. The maximum absolute atomic E-state index is 4.31. The van der Waals surface area contributed by atoms with Crippen molar-refractivity contribution in [2.24, 2.45) is 0 Å². The van der Waals surface area contributed by atoms with E-state index in [9.17, 15) is 0 Å². The molecule has 0 bridgehead atoms. The molecular formula is C10H20N6.